The van der Waals surface area contributed by atoms with E-state index in [0.717, 1.165) is 12.8 Å². The lowest BCUT2D eigenvalue weighted by atomic mass is 9.97. The highest BCUT2D eigenvalue weighted by Crippen LogP contribution is 2.19. The summed E-state index contributed by atoms with van der Waals surface area (Å²) in [6.45, 7) is 3.93. The summed E-state index contributed by atoms with van der Waals surface area (Å²) in [4.78, 5) is 0. The molecule has 0 aromatic carbocycles. The van der Waals surface area contributed by atoms with Crippen LogP contribution >= 0.6 is 0 Å². The van der Waals surface area contributed by atoms with Crippen LogP contribution in [0.15, 0.2) is 0 Å². The normalized spacial score (nSPS) is 26.4. The fourth-order valence-corrected chi connectivity index (χ4v) is 3.15. The summed E-state index contributed by atoms with van der Waals surface area (Å²) in [6, 6.07) is 0. The summed E-state index contributed by atoms with van der Waals surface area (Å²) < 4.78 is 33.4. The van der Waals surface area contributed by atoms with Gasteiger partial charge < -0.3 is 10.5 Å². The van der Waals surface area contributed by atoms with E-state index in [2.05, 4.69) is 4.72 Å². The van der Waals surface area contributed by atoms with Crippen LogP contribution in [0.1, 0.15) is 26.2 Å². The van der Waals surface area contributed by atoms with Gasteiger partial charge in [-0.1, -0.05) is 0 Å². The molecule has 3 N–H and O–H groups in total. The van der Waals surface area contributed by atoms with Crippen LogP contribution < -0.4 is 10.5 Å². The Morgan fingerprint density at radius 2 is 2.24 bits per heavy atom. The number of hydrogen-bond acceptors (Lipinski definition) is 4. The van der Waals surface area contributed by atoms with E-state index >= 15 is 0 Å². The molecule has 1 aliphatic heterocycles. The molecule has 1 fully saturated rings. The third kappa shape index (κ3) is 4.51. The first-order chi connectivity index (χ1) is 7.90. The molecule has 1 heterocycles. The maximum absolute atomic E-state index is 12.0. The number of rotatable bonds is 6. The maximum atomic E-state index is 12.0. The molecule has 0 aromatic heterocycles. The van der Waals surface area contributed by atoms with Crippen LogP contribution in [0.2, 0.25) is 0 Å². The van der Waals surface area contributed by atoms with Gasteiger partial charge in [0.25, 0.3) is 10.2 Å². The van der Waals surface area contributed by atoms with Gasteiger partial charge in [0.05, 0.1) is 12.1 Å². The summed E-state index contributed by atoms with van der Waals surface area (Å²) in [6.07, 6.45) is 2.34. The minimum atomic E-state index is -3.44. The molecule has 0 aliphatic carbocycles. The second-order valence-corrected chi connectivity index (χ2v) is 6.57. The van der Waals surface area contributed by atoms with Crippen molar-refractivity contribution >= 4 is 10.2 Å². The molecule has 1 saturated heterocycles. The highest BCUT2D eigenvalue weighted by Gasteiger charge is 2.33. The molecule has 0 aromatic rings. The monoisotopic (exact) mass is 265 g/mol. The van der Waals surface area contributed by atoms with Gasteiger partial charge in [-0.3, -0.25) is 0 Å². The molecule has 1 aliphatic rings. The average molecular weight is 265 g/mol. The number of ether oxygens (including phenoxy) is 1. The molecule has 0 saturated carbocycles. The zero-order valence-corrected chi connectivity index (χ0v) is 11.4. The number of nitrogens with zero attached hydrogens (tertiary/aromatic N) is 1. The molecule has 1 unspecified atom stereocenters. The molecule has 102 valence electrons. The van der Waals surface area contributed by atoms with E-state index in [1.54, 1.807) is 7.05 Å². The first-order valence-corrected chi connectivity index (χ1v) is 7.37. The van der Waals surface area contributed by atoms with E-state index in [9.17, 15) is 8.42 Å². The van der Waals surface area contributed by atoms with Crippen molar-refractivity contribution in [3.63, 3.8) is 0 Å². The third-order valence-corrected chi connectivity index (χ3v) is 4.65. The van der Waals surface area contributed by atoms with Gasteiger partial charge >= 0.3 is 0 Å². The Hall–Kier alpha value is -0.210. The second-order valence-electron chi connectivity index (χ2n) is 4.79. The summed E-state index contributed by atoms with van der Waals surface area (Å²) in [5.74, 6) is 0. The number of nitrogens with two attached hydrogens (primary N) is 1. The van der Waals surface area contributed by atoms with Crippen LogP contribution in [-0.4, -0.2) is 51.6 Å². The Bertz CT molecular complexity index is 326. The van der Waals surface area contributed by atoms with E-state index in [-0.39, 0.29) is 0 Å². The Kier molecular flexibility index (Phi) is 5.33. The SMILES string of the molecule is CN(CCCN)S(=O)(=O)NC1(C)CCCOC1. The van der Waals surface area contributed by atoms with Gasteiger partial charge in [0.2, 0.25) is 0 Å². The van der Waals surface area contributed by atoms with Crippen LogP contribution in [0.25, 0.3) is 0 Å². The van der Waals surface area contributed by atoms with E-state index in [1.165, 1.54) is 4.31 Å². The highest BCUT2D eigenvalue weighted by molar-refractivity contribution is 7.87. The minimum Gasteiger partial charge on any atom is -0.380 e. The smallest absolute Gasteiger partial charge is 0.279 e. The number of hydrogen-bond donors (Lipinski definition) is 2. The Balaban J connectivity index is 2.58. The summed E-state index contributed by atoms with van der Waals surface area (Å²) in [7, 11) is -1.88. The predicted molar refractivity (Wildman–Crippen MR) is 66.8 cm³/mol. The Morgan fingerprint density at radius 1 is 1.53 bits per heavy atom. The van der Waals surface area contributed by atoms with Crippen LogP contribution in [-0.2, 0) is 14.9 Å². The molecule has 1 rings (SSSR count). The van der Waals surface area contributed by atoms with Crippen molar-refractivity contribution < 1.29 is 13.2 Å². The summed E-state index contributed by atoms with van der Waals surface area (Å²) in [5.41, 5.74) is 4.88. The van der Waals surface area contributed by atoms with Crippen LogP contribution in [0.5, 0.6) is 0 Å². The Labute approximate surface area is 104 Å². The van der Waals surface area contributed by atoms with Crippen molar-refractivity contribution in [2.45, 2.75) is 31.7 Å². The Morgan fingerprint density at radius 3 is 2.76 bits per heavy atom. The van der Waals surface area contributed by atoms with Gasteiger partial charge in [0, 0.05) is 20.2 Å². The molecule has 6 nitrogen and oxygen atoms in total. The lowest BCUT2D eigenvalue weighted by molar-refractivity contribution is 0.0380. The zero-order valence-electron chi connectivity index (χ0n) is 10.6. The lowest BCUT2D eigenvalue weighted by Gasteiger charge is -2.35. The average Bonchev–Trinajstić information content (AvgIpc) is 2.25. The highest BCUT2D eigenvalue weighted by atomic mass is 32.2. The third-order valence-electron chi connectivity index (χ3n) is 2.90. The molecular formula is C10H23N3O3S. The van der Waals surface area contributed by atoms with Crippen molar-refractivity contribution in [1.29, 1.82) is 0 Å². The van der Waals surface area contributed by atoms with Gasteiger partial charge in [-0.05, 0) is 32.7 Å². The van der Waals surface area contributed by atoms with Gasteiger partial charge in [-0.15, -0.1) is 0 Å². The van der Waals surface area contributed by atoms with Crippen molar-refractivity contribution in [3.05, 3.63) is 0 Å². The molecule has 7 heteroatoms. The quantitative estimate of drug-likeness (QED) is 0.689. The summed E-state index contributed by atoms with van der Waals surface area (Å²) in [5, 5.41) is 0. The van der Waals surface area contributed by atoms with E-state index in [4.69, 9.17) is 10.5 Å². The van der Waals surface area contributed by atoms with Crippen molar-refractivity contribution in [2.75, 3.05) is 33.4 Å². The number of nitrogens with one attached hydrogen (secondary N) is 1. The molecule has 17 heavy (non-hydrogen) atoms. The fraction of sp³-hybridized carbons (Fsp3) is 1.00. The van der Waals surface area contributed by atoms with Crippen molar-refractivity contribution in [1.82, 2.24) is 9.03 Å². The zero-order chi connectivity index (χ0) is 12.9. The summed E-state index contributed by atoms with van der Waals surface area (Å²) >= 11 is 0. The molecule has 0 radical (unpaired) electrons. The molecule has 1 atom stereocenters. The minimum absolute atomic E-state index is 0.428. The fourth-order valence-electron chi connectivity index (χ4n) is 1.84. The topological polar surface area (TPSA) is 84.7 Å². The lowest BCUT2D eigenvalue weighted by Crippen LogP contribution is -2.55. The predicted octanol–water partition coefficient (Wildman–Crippen LogP) is -0.329. The molecule has 0 bridgehead atoms. The first-order valence-electron chi connectivity index (χ1n) is 5.93. The van der Waals surface area contributed by atoms with Gasteiger partial charge in [-0.25, -0.2) is 0 Å². The standard InChI is InChI=1S/C10H23N3O3S/c1-10(5-3-8-16-9-10)12-17(14,15)13(2)7-4-6-11/h12H,3-9,11H2,1-2H3. The molecule has 0 spiro atoms. The van der Waals surface area contributed by atoms with E-state index in [1.807, 2.05) is 6.92 Å². The van der Waals surface area contributed by atoms with Gasteiger partial charge in [0.15, 0.2) is 0 Å². The van der Waals surface area contributed by atoms with Gasteiger partial charge in [0.1, 0.15) is 0 Å². The maximum Gasteiger partial charge on any atom is 0.279 e. The van der Waals surface area contributed by atoms with Crippen LogP contribution in [0, 0.1) is 0 Å². The van der Waals surface area contributed by atoms with Gasteiger partial charge in [-0.2, -0.15) is 17.4 Å². The van der Waals surface area contributed by atoms with Crippen molar-refractivity contribution in [2.24, 2.45) is 5.73 Å². The van der Waals surface area contributed by atoms with Crippen molar-refractivity contribution in [3.8, 4) is 0 Å². The van der Waals surface area contributed by atoms with Crippen LogP contribution in [0.3, 0.4) is 0 Å². The largest absolute Gasteiger partial charge is 0.380 e. The molecular weight excluding hydrogens is 242 g/mol. The van der Waals surface area contributed by atoms with Crippen LogP contribution in [0.4, 0.5) is 0 Å². The first kappa shape index (κ1) is 14.8. The van der Waals surface area contributed by atoms with E-state index < -0.39 is 15.7 Å². The second kappa shape index (κ2) is 6.10. The molecule has 0 amide bonds. The van der Waals surface area contributed by atoms with E-state index in [0.29, 0.717) is 32.7 Å².